The number of anilines is 1. The average Bonchev–Trinajstić information content (AvgIpc) is 2.57. The van der Waals surface area contributed by atoms with Crippen LogP contribution >= 0.6 is 0 Å². The molecule has 1 unspecified atom stereocenters. The zero-order valence-electron chi connectivity index (χ0n) is 13.7. The fourth-order valence-corrected chi connectivity index (χ4v) is 4.06. The van der Waals surface area contributed by atoms with Crippen molar-refractivity contribution >= 4 is 16.7 Å². The highest BCUT2D eigenvalue weighted by Crippen LogP contribution is 2.39. The van der Waals surface area contributed by atoms with E-state index in [-0.39, 0.29) is 11.7 Å². The second-order valence-electron chi connectivity index (χ2n) is 6.91. The van der Waals surface area contributed by atoms with Crippen LogP contribution in [0.25, 0.3) is 11.0 Å². The Hall–Kier alpha value is -1.81. The van der Waals surface area contributed by atoms with E-state index in [9.17, 15) is 4.79 Å². The van der Waals surface area contributed by atoms with Crippen LogP contribution in [-0.4, -0.2) is 19.1 Å². The van der Waals surface area contributed by atoms with E-state index in [1.165, 1.54) is 23.2 Å². The van der Waals surface area contributed by atoms with E-state index in [1.807, 2.05) is 13.0 Å². The lowest BCUT2D eigenvalue weighted by Crippen LogP contribution is -2.34. The molecule has 4 heteroatoms. The van der Waals surface area contributed by atoms with Crippen molar-refractivity contribution in [2.45, 2.75) is 51.5 Å². The second kappa shape index (κ2) is 5.68. The van der Waals surface area contributed by atoms with Crippen molar-refractivity contribution in [1.29, 1.82) is 0 Å². The molecule has 1 aromatic heterocycles. The van der Waals surface area contributed by atoms with Gasteiger partial charge in [-0.15, -0.1) is 0 Å². The molecule has 0 spiro atoms. The minimum absolute atomic E-state index is 0.0156. The molecule has 4 nitrogen and oxygen atoms in total. The minimum atomic E-state index is -0.217. The summed E-state index contributed by atoms with van der Waals surface area (Å²) in [5, 5.41) is 1.07. The van der Waals surface area contributed by atoms with Crippen LogP contribution in [0.15, 0.2) is 21.3 Å². The Morgan fingerprint density at radius 1 is 1.26 bits per heavy atom. The lowest BCUT2D eigenvalue weighted by Gasteiger charge is -2.37. The molecule has 0 saturated heterocycles. The normalized spacial score (nSPS) is 18.1. The van der Waals surface area contributed by atoms with Crippen molar-refractivity contribution in [3.63, 3.8) is 0 Å². The number of hydrogen-bond donors (Lipinski definition) is 1. The lowest BCUT2D eigenvalue weighted by atomic mass is 9.89. The molecule has 0 amide bonds. The maximum atomic E-state index is 12.4. The van der Waals surface area contributed by atoms with Gasteiger partial charge in [-0.05, 0) is 56.2 Å². The standard InChI is InChI=1S/C19H24N2O2/c1-2-15(20)11-14-10-13-9-12-5-3-7-21-8-4-6-16(17(12)21)18(13)23-19(14)22/h9-10,15H,2-8,11,20H2,1H3. The van der Waals surface area contributed by atoms with Gasteiger partial charge < -0.3 is 15.1 Å². The smallest absolute Gasteiger partial charge is 0.339 e. The molecular weight excluding hydrogens is 288 g/mol. The summed E-state index contributed by atoms with van der Waals surface area (Å²) in [5.41, 5.74) is 11.3. The topological polar surface area (TPSA) is 59.5 Å². The van der Waals surface area contributed by atoms with E-state index < -0.39 is 0 Å². The van der Waals surface area contributed by atoms with Crippen molar-refractivity contribution in [3.05, 3.63) is 39.2 Å². The van der Waals surface area contributed by atoms with Gasteiger partial charge in [0.25, 0.3) is 0 Å². The van der Waals surface area contributed by atoms with Crippen molar-refractivity contribution in [2.75, 3.05) is 18.0 Å². The zero-order chi connectivity index (χ0) is 16.0. The average molecular weight is 312 g/mol. The van der Waals surface area contributed by atoms with Crippen LogP contribution < -0.4 is 16.3 Å². The quantitative estimate of drug-likeness (QED) is 0.885. The molecule has 0 bridgehead atoms. The molecule has 0 fully saturated rings. The molecule has 3 heterocycles. The van der Waals surface area contributed by atoms with Crippen molar-refractivity contribution in [3.8, 4) is 0 Å². The van der Waals surface area contributed by atoms with Crippen molar-refractivity contribution in [2.24, 2.45) is 5.73 Å². The largest absolute Gasteiger partial charge is 0.422 e. The van der Waals surface area contributed by atoms with Gasteiger partial charge in [0.15, 0.2) is 0 Å². The van der Waals surface area contributed by atoms with E-state index in [4.69, 9.17) is 10.2 Å². The Bertz CT molecular complexity index is 807. The Labute approximate surface area is 136 Å². The van der Waals surface area contributed by atoms with Crippen LogP contribution in [0.2, 0.25) is 0 Å². The van der Waals surface area contributed by atoms with Gasteiger partial charge in [0.2, 0.25) is 0 Å². The zero-order valence-corrected chi connectivity index (χ0v) is 13.7. The van der Waals surface area contributed by atoms with E-state index in [2.05, 4.69) is 11.0 Å². The Morgan fingerprint density at radius 2 is 2.04 bits per heavy atom. The summed E-state index contributed by atoms with van der Waals surface area (Å²) in [6.45, 7) is 4.29. The van der Waals surface area contributed by atoms with E-state index in [1.54, 1.807) is 0 Å². The lowest BCUT2D eigenvalue weighted by molar-refractivity contribution is 0.530. The number of aryl methyl sites for hydroxylation is 2. The van der Waals surface area contributed by atoms with Crippen LogP contribution in [0.5, 0.6) is 0 Å². The molecule has 2 aromatic rings. The number of hydrogen-bond acceptors (Lipinski definition) is 4. The van der Waals surface area contributed by atoms with Gasteiger partial charge in [0.05, 0.1) is 0 Å². The molecule has 0 radical (unpaired) electrons. The predicted molar refractivity (Wildman–Crippen MR) is 93.3 cm³/mol. The summed E-state index contributed by atoms with van der Waals surface area (Å²) < 4.78 is 5.77. The van der Waals surface area contributed by atoms with Gasteiger partial charge in [-0.1, -0.05) is 6.92 Å². The Balaban J connectivity index is 1.90. The highest BCUT2D eigenvalue weighted by atomic mass is 16.4. The summed E-state index contributed by atoms with van der Waals surface area (Å²) >= 11 is 0. The molecule has 4 rings (SSSR count). The fourth-order valence-electron chi connectivity index (χ4n) is 4.06. The molecule has 1 atom stereocenters. The van der Waals surface area contributed by atoms with Gasteiger partial charge >= 0.3 is 5.63 Å². The van der Waals surface area contributed by atoms with Crippen LogP contribution in [0.1, 0.15) is 42.9 Å². The first-order valence-electron chi connectivity index (χ1n) is 8.79. The monoisotopic (exact) mass is 312 g/mol. The number of fused-ring (bicyclic) bond motifs is 2. The number of nitrogens with two attached hydrogens (primary N) is 1. The first-order chi connectivity index (χ1) is 11.2. The van der Waals surface area contributed by atoms with Crippen LogP contribution in [0.3, 0.4) is 0 Å². The minimum Gasteiger partial charge on any atom is -0.422 e. The molecular formula is C19H24N2O2. The first kappa shape index (κ1) is 14.8. The fraction of sp³-hybridized carbons (Fsp3) is 0.526. The summed E-state index contributed by atoms with van der Waals surface area (Å²) in [5.74, 6) is 0. The third-order valence-corrected chi connectivity index (χ3v) is 5.29. The molecule has 1 aromatic carbocycles. The molecule has 2 aliphatic rings. The third-order valence-electron chi connectivity index (χ3n) is 5.29. The molecule has 0 saturated carbocycles. The highest BCUT2D eigenvalue weighted by Gasteiger charge is 2.27. The van der Waals surface area contributed by atoms with Gasteiger partial charge in [0, 0.05) is 41.3 Å². The van der Waals surface area contributed by atoms with Gasteiger partial charge in [0.1, 0.15) is 5.58 Å². The van der Waals surface area contributed by atoms with Gasteiger partial charge in [-0.25, -0.2) is 4.79 Å². The summed E-state index contributed by atoms with van der Waals surface area (Å²) in [6.07, 6.45) is 5.93. The van der Waals surface area contributed by atoms with E-state index in [0.29, 0.717) is 12.0 Å². The number of rotatable bonds is 3. The summed E-state index contributed by atoms with van der Waals surface area (Å²) in [7, 11) is 0. The maximum absolute atomic E-state index is 12.4. The molecule has 23 heavy (non-hydrogen) atoms. The Morgan fingerprint density at radius 3 is 2.83 bits per heavy atom. The second-order valence-corrected chi connectivity index (χ2v) is 6.91. The molecule has 2 aliphatic heterocycles. The predicted octanol–water partition coefficient (Wildman–Crippen LogP) is 2.77. The number of nitrogens with zero attached hydrogens (tertiary/aromatic N) is 1. The summed E-state index contributed by atoms with van der Waals surface area (Å²) in [6, 6.07) is 4.26. The molecule has 122 valence electrons. The molecule has 2 N–H and O–H groups in total. The number of benzene rings is 1. The third kappa shape index (κ3) is 2.45. The SMILES string of the molecule is CCC(N)Cc1cc2cc3c4c(c2oc1=O)CCCN4CCC3. The van der Waals surface area contributed by atoms with Gasteiger partial charge in [-0.3, -0.25) is 0 Å². The van der Waals surface area contributed by atoms with Crippen LogP contribution in [0, 0.1) is 0 Å². The Kier molecular flexibility index (Phi) is 3.64. The molecule has 0 aliphatic carbocycles. The van der Waals surface area contributed by atoms with Crippen molar-refractivity contribution in [1.82, 2.24) is 0 Å². The van der Waals surface area contributed by atoms with Crippen LogP contribution in [-0.2, 0) is 19.3 Å². The van der Waals surface area contributed by atoms with Crippen LogP contribution in [0.4, 0.5) is 5.69 Å². The summed E-state index contributed by atoms with van der Waals surface area (Å²) in [4.78, 5) is 14.9. The maximum Gasteiger partial charge on any atom is 0.339 e. The van der Waals surface area contributed by atoms with E-state index >= 15 is 0 Å². The van der Waals surface area contributed by atoms with E-state index in [0.717, 1.165) is 49.7 Å². The first-order valence-corrected chi connectivity index (χ1v) is 8.79. The van der Waals surface area contributed by atoms with Gasteiger partial charge in [-0.2, -0.15) is 0 Å². The van der Waals surface area contributed by atoms with Crippen molar-refractivity contribution < 1.29 is 4.42 Å². The highest BCUT2D eigenvalue weighted by molar-refractivity contribution is 5.88.